The molecule has 4 aromatic rings. The number of benzene rings is 4. The molecule has 2 atom stereocenters. The Morgan fingerprint density at radius 2 is 1.00 bits per heavy atom. The first-order valence-electron chi connectivity index (χ1n) is 12.7. The Balaban J connectivity index is 1.52. The highest BCUT2D eigenvalue weighted by Crippen LogP contribution is 2.67. The first-order chi connectivity index (χ1) is 18.3. The molecule has 4 aromatic carbocycles. The summed E-state index contributed by atoms with van der Waals surface area (Å²) in [6, 6.07) is 47.1. The number of ether oxygens (including phenoxy) is 1. The van der Waals surface area contributed by atoms with Gasteiger partial charge in [-0.3, -0.25) is 4.98 Å². The Morgan fingerprint density at radius 3 is 1.68 bits per heavy atom. The second-order valence-electron chi connectivity index (χ2n) is 9.86. The molecular weight excluding hydrogens is 450 g/mol. The summed E-state index contributed by atoms with van der Waals surface area (Å²) in [6.45, 7) is 0. The van der Waals surface area contributed by atoms with Gasteiger partial charge >= 0.3 is 0 Å². The third kappa shape index (κ3) is 2.55. The van der Waals surface area contributed by atoms with Crippen LogP contribution in [0.1, 0.15) is 33.4 Å². The van der Waals surface area contributed by atoms with E-state index in [1.807, 2.05) is 6.20 Å². The molecule has 8 rings (SSSR count). The largest absolute Gasteiger partial charge is 0.340 e. The lowest BCUT2D eigenvalue weighted by molar-refractivity contribution is -0.0257. The molecule has 2 nitrogen and oxygen atoms in total. The Hall–Kier alpha value is -4.53. The van der Waals surface area contributed by atoms with E-state index >= 15 is 0 Å². The van der Waals surface area contributed by atoms with E-state index < -0.39 is 11.2 Å². The van der Waals surface area contributed by atoms with Crippen LogP contribution in [0.3, 0.4) is 0 Å². The molecule has 0 saturated heterocycles. The van der Waals surface area contributed by atoms with Gasteiger partial charge in [-0.2, -0.15) is 0 Å². The van der Waals surface area contributed by atoms with Gasteiger partial charge in [0.2, 0.25) is 0 Å². The average Bonchev–Trinajstić information content (AvgIpc) is 3.58. The molecule has 2 unspecified atom stereocenters. The molecule has 2 heteroatoms. The minimum Gasteiger partial charge on any atom is -0.340 e. The molecule has 3 aliphatic heterocycles. The van der Waals surface area contributed by atoms with Gasteiger partial charge in [0.1, 0.15) is 11.2 Å². The summed E-state index contributed by atoms with van der Waals surface area (Å²) in [6.07, 6.45) is 2.02. The van der Waals surface area contributed by atoms with E-state index in [9.17, 15) is 0 Å². The zero-order chi connectivity index (χ0) is 24.5. The standard InChI is InChI=1S/C35H23NO/c1-4-13-24(14-5-1)28-23-36-33-27(28)19-12-22-31-32(33)35(26-17-8-3-9-18-26)30-21-11-10-20-29(30)34(31,37-35)25-15-6-2-7-16-25/h1-23H. The van der Waals surface area contributed by atoms with Crippen molar-refractivity contribution in [2.24, 2.45) is 0 Å². The van der Waals surface area contributed by atoms with Crippen LogP contribution in [0.25, 0.3) is 22.4 Å². The van der Waals surface area contributed by atoms with Crippen LogP contribution in [-0.2, 0) is 15.9 Å². The molecule has 0 fully saturated rings. The van der Waals surface area contributed by atoms with E-state index in [4.69, 9.17) is 9.72 Å². The van der Waals surface area contributed by atoms with Gasteiger partial charge in [-0.05, 0) is 27.8 Å². The van der Waals surface area contributed by atoms with Gasteiger partial charge < -0.3 is 4.74 Å². The zero-order valence-corrected chi connectivity index (χ0v) is 20.1. The maximum Gasteiger partial charge on any atom is 0.148 e. The molecule has 0 radical (unpaired) electrons. The first kappa shape index (κ1) is 20.6. The summed E-state index contributed by atoms with van der Waals surface area (Å²) >= 11 is 0. The molecule has 2 bridgehead atoms. The summed E-state index contributed by atoms with van der Waals surface area (Å²) in [5.74, 6) is 0. The SMILES string of the molecule is c1ccc(-c2cnc3c4c(cccc2-3)C2(c3ccccc3)OC4(c3ccccc3)c3ccccc32)cc1. The minimum atomic E-state index is -0.768. The van der Waals surface area contributed by atoms with Gasteiger partial charge in [-0.15, -0.1) is 0 Å². The van der Waals surface area contributed by atoms with E-state index in [-0.39, 0.29) is 0 Å². The van der Waals surface area contributed by atoms with Crippen LogP contribution < -0.4 is 0 Å². The highest BCUT2D eigenvalue weighted by molar-refractivity contribution is 5.88. The predicted octanol–water partition coefficient (Wildman–Crippen LogP) is 7.78. The predicted molar refractivity (Wildman–Crippen MR) is 146 cm³/mol. The van der Waals surface area contributed by atoms with Gasteiger partial charge in [-0.1, -0.05) is 133 Å². The zero-order valence-electron chi connectivity index (χ0n) is 20.1. The molecule has 174 valence electrons. The molecule has 0 spiro atoms. The Kier molecular flexibility index (Phi) is 4.18. The lowest BCUT2D eigenvalue weighted by Crippen LogP contribution is -2.27. The van der Waals surface area contributed by atoms with E-state index in [1.165, 1.54) is 16.7 Å². The quantitative estimate of drug-likeness (QED) is 0.262. The number of hydrogen-bond acceptors (Lipinski definition) is 2. The van der Waals surface area contributed by atoms with Gasteiger partial charge in [0.05, 0.1) is 5.69 Å². The molecule has 1 aliphatic carbocycles. The van der Waals surface area contributed by atoms with Crippen molar-refractivity contribution in [1.29, 1.82) is 0 Å². The molecular formula is C35H23NO. The first-order valence-corrected chi connectivity index (χ1v) is 12.7. The van der Waals surface area contributed by atoms with Crippen LogP contribution in [0, 0.1) is 0 Å². The van der Waals surface area contributed by atoms with E-state index in [0.717, 1.165) is 39.1 Å². The second-order valence-corrected chi connectivity index (χ2v) is 9.86. The van der Waals surface area contributed by atoms with Crippen LogP contribution in [0.2, 0.25) is 0 Å². The number of rotatable bonds is 3. The van der Waals surface area contributed by atoms with Gasteiger partial charge in [-0.25, -0.2) is 0 Å². The fourth-order valence-corrected chi connectivity index (χ4v) is 6.61. The van der Waals surface area contributed by atoms with Crippen LogP contribution in [0.4, 0.5) is 0 Å². The molecule has 0 saturated carbocycles. The maximum atomic E-state index is 7.49. The Morgan fingerprint density at radius 1 is 0.459 bits per heavy atom. The lowest BCUT2D eigenvalue weighted by Gasteiger charge is -2.30. The number of fused-ring (bicyclic) bond motifs is 10. The summed E-state index contributed by atoms with van der Waals surface area (Å²) in [5.41, 5.74) is 9.90. The summed E-state index contributed by atoms with van der Waals surface area (Å²) in [5, 5.41) is 0. The Labute approximate surface area is 216 Å². The summed E-state index contributed by atoms with van der Waals surface area (Å²) in [7, 11) is 0. The molecule has 0 amide bonds. The van der Waals surface area contributed by atoms with Crippen molar-refractivity contribution in [2.45, 2.75) is 11.2 Å². The topological polar surface area (TPSA) is 22.1 Å². The molecule has 3 heterocycles. The lowest BCUT2D eigenvalue weighted by atomic mass is 9.68. The van der Waals surface area contributed by atoms with Crippen molar-refractivity contribution in [3.05, 3.63) is 173 Å². The van der Waals surface area contributed by atoms with Crippen molar-refractivity contribution in [3.63, 3.8) is 0 Å². The van der Waals surface area contributed by atoms with E-state index in [0.29, 0.717) is 0 Å². The van der Waals surface area contributed by atoms with E-state index in [1.54, 1.807) is 0 Å². The Bertz CT molecular complexity index is 1750. The maximum absolute atomic E-state index is 7.49. The summed E-state index contributed by atoms with van der Waals surface area (Å²) in [4.78, 5) is 5.11. The number of nitrogens with zero attached hydrogens (tertiary/aromatic N) is 1. The van der Waals surface area contributed by atoms with Crippen molar-refractivity contribution in [1.82, 2.24) is 4.98 Å². The smallest absolute Gasteiger partial charge is 0.148 e. The van der Waals surface area contributed by atoms with Crippen molar-refractivity contribution in [3.8, 4) is 22.4 Å². The number of hydrogen-bond donors (Lipinski definition) is 0. The molecule has 4 aliphatic rings. The fraction of sp³-hybridized carbons (Fsp3) is 0.0571. The fourth-order valence-electron chi connectivity index (χ4n) is 6.61. The van der Waals surface area contributed by atoms with Crippen LogP contribution >= 0.6 is 0 Å². The molecule has 0 aromatic heterocycles. The van der Waals surface area contributed by atoms with Crippen molar-refractivity contribution >= 4 is 0 Å². The highest BCUT2D eigenvalue weighted by Gasteiger charge is 2.65. The van der Waals surface area contributed by atoms with Gasteiger partial charge in [0, 0.05) is 28.5 Å². The van der Waals surface area contributed by atoms with Crippen molar-refractivity contribution < 1.29 is 4.74 Å². The molecule has 0 N–H and O–H groups in total. The van der Waals surface area contributed by atoms with Gasteiger partial charge in [0.25, 0.3) is 0 Å². The average molecular weight is 474 g/mol. The van der Waals surface area contributed by atoms with E-state index in [2.05, 4.69) is 133 Å². The van der Waals surface area contributed by atoms with Crippen LogP contribution in [0.15, 0.2) is 140 Å². The van der Waals surface area contributed by atoms with Crippen LogP contribution in [-0.4, -0.2) is 4.98 Å². The van der Waals surface area contributed by atoms with Crippen molar-refractivity contribution in [2.75, 3.05) is 0 Å². The third-order valence-corrected chi connectivity index (χ3v) is 8.07. The highest BCUT2D eigenvalue weighted by atomic mass is 16.5. The monoisotopic (exact) mass is 473 g/mol. The normalized spacial score (nSPS) is 21.1. The van der Waals surface area contributed by atoms with Crippen LogP contribution in [0.5, 0.6) is 0 Å². The summed E-state index contributed by atoms with van der Waals surface area (Å²) < 4.78 is 7.49. The number of aromatic nitrogens is 1. The minimum absolute atomic E-state index is 0.721. The second kappa shape index (κ2) is 7.49. The third-order valence-electron chi connectivity index (χ3n) is 8.07. The van der Waals surface area contributed by atoms with Gasteiger partial charge in [0.15, 0.2) is 0 Å². The molecule has 37 heavy (non-hydrogen) atoms.